The molecule has 6 nitrogen and oxygen atoms in total. The Morgan fingerprint density at radius 1 is 1.23 bits per heavy atom. The highest BCUT2D eigenvalue weighted by molar-refractivity contribution is 6.03. The third-order valence-corrected chi connectivity index (χ3v) is 4.53. The zero-order valence-electron chi connectivity index (χ0n) is 16.5. The number of hydrogen-bond acceptors (Lipinski definition) is 5. The Balaban J connectivity index is 1.77. The zero-order chi connectivity index (χ0) is 21.9. The lowest BCUT2D eigenvalue weighted by atomic mass is 10.0. The summed E-state index contributed by atoms with van der Waals surface area (Å²) in [5.74, 6) is -0.537. The monoisotopic (exact) mass is 418 g/mol. The van der Waals surface area contributed by atoms with Crippen LogP contribution in [0.25, 0.3) is 0 Å². The Bertz CT molecular complexity index is 986. The van der Waals surface area contributed by atoms with Gasteiger partial charge in [0.25, 0.3) is 5.91 Å². The van der Waals surface area contributed by atoms with Gasteiger partial charge >= 0.3 is 6.18 Å². The van der Waals surface area contributed by atoms with E-state index in [-0.39, 0.29) is 17.2 Å². The molecular formula is C21H21F3N4O2. The second-order valence-corrected chi connectivity index (χ2v) is 7.14. The average molecular weight is 418 g/mol. The molecule has 30 heavy (non-hydrogen) atoms. The van der Waals surface area contributed by atoms with Crippen molar-refractivity contribution in [1.29, 1.82) is 0 Å². The minimum Gasteiger partial charge on any atom is -0.383 e. The molecular weight excluding hydrogens is 397 g/mol. The molecule has 1 N–H and O–H groups in total. The molecule has 1 aromatic carbocycles. The van der Waals surface area contributed by atoms with Crippen molar-refractivity contribution < 1.29 is 22.8 Å². The Labute approximate surface area is 172 Å². The highest BCUT2D eigenvalue weighted by Gasteiger charge is 2.30. The molecule has 1 aromatic heterocycles. The highest BCUT2D eigenvalue weighted by Crippen LogP contribution is 2.30. The first kappa shape index (κ1) is 21.4. The smallest absolute Gasteiger partial charge is 0.383 e. The molecule has 1 fully saturated rings. The van der Waals surface area contributed by atoms with Crippen LogP contribution in [-0.4, -0.2) is 48.8 Å². The molecule has 158 valence electrons. The molecule has 3 rings (SSSR count). The summed E-state index contributed by atoms with van der Waals surface area (Å²) in [4.78, 5) is 32.4. The van der Waals surface area contributed by atoms with E-state index in [1.54, 1.807) is 23.2 Å². The molecule has 1 aliphatic rings. The number of aromatic nitrogens is 1. The average Bonchev–Trinajstić information content (AvgIpc) is 2.69. The summed E-state index contributed by atoms with van der Waals surface area (Å²) in [7, 11) is 3.67. The number of carbonyl (C=O) groups is 2. The van der Waals surface area contributed by atoms with Gasteiger partial charge in [0.15, 0.2) is 5.78 Å². The molecule has 0 aliphatic carbocycles. The first-order chi connectivity index (χ1) is 14.1. The number of benzene rings is 1. The number of rotatable bonds is 4. The molecule has 2 aromatic rings. The molecule has 2 heterocycles. The van der Waals surface area contributed by atoms with Gasteiger partial charge in [-0.05, 0) is 30.3 Å². The Morgan fingerprint density at radius 2 is 2.00 bits per heavy atom. The first-order valence-electron chi connectivity index (χ1n) is 9.23. The van der Waals surface area contributed by atoms with Crippen LogP contribution in [-0.2, 0) is 11.0 Å². The molecule has 1 amide bonds. The lowest BCUT2D eigenvalue weighted by molar-refractivity contribution is -0.137. The van der Waals surface area contributed by atoms with Gasteiger partial charge in [0.05, 0.1) is 5.56 Å². The molecule has 0 saturated carbocycles. The lowest BCUT2D eigenvalue weighted by Crippen LogP contribution is -2.36. The van der Waals surface area contributed by atoms with Crippen LogP contribution in [0.1, 0.15) is 22.5 Å². The van der Waals surface area contributed by atoms with Crippen molar-refractivity contribution in [2.45, 2.75) is 12.6 Å². The number of pyridine rings is 1. The number of halogens is 3. The van der Waals surface area contributed by atoms with E-state index in [0.717, 1.165) is 12.1 Å². The summed E-state index contributed by atoms with van der Waals surface area (Å²) in [5.41, 5.74) is 0.622. The third-order valence-electron chi connectivity index (χ3n) is 4.53. The number of ketones is 1. The van der Waals surface area contributed by atoms with Gasteiger partial charge in [-0.1, -0.05) is 6.07 Å². The summed E-state index contributed by atoms with van der Waals surface area (Å²) in [6.45, 7) is 0.901. The number of nitrogens with zero attached hydrogens (tertiary/aromatic N) is 3. The maximum atomic E-state index is 12.9. The fourth-order valence-corrected chi connectivity index (χ4v) is 3.12. The minimum atomic E-state index is -4.50. The largest absolute Gasteiger partial charge is 0.416 e. The van der Waals surface area contributed by atoms with Gasteiger partial charge in [0, 0.05) is 63.0 Å². The fraction of sp³-hybridized carbons (Fsp3) is 0.286. The van der Waals surface area contributed by atoms with Gasteiger partial charge in [0.2, 0.25) is 0 Å². The Hall–Kier alpha value is -3.36. The van der Waals surface area contributed by atoms with Crippen LogP contribution in [0.3, 0.4) is 0 Å². The number of piperidine rings is 1. The van der Waals surface area contributed by atoms with Gasteiger partial charge in [-0.25, -0.2) is 0 Å². The van der Waals surface area contributed by atoms with Crippen LogP contribution in [0, 0.1) is 0 Å². The van der Waals surface area contributed by atoms with E-state index in [4.69, 9.17) is 0 Å². The first-order valence-corrected chi connectivity index (χ1v) is 9.23. The summed E-state index contributed by atoms with van der Waals surface area (Å²) in [5, 5.41) is 2.45. The van der Waals surface area contributed by atoms with E-state index in [9.17, 15) is 22.8 Å². The number of nitrogens with one attached hydrogen (secondary N) is 1. The summed E-state index contributed by atoms with van der Waals surface area (Å²) in [6, 6.07) is 7.70. The van der Waals surface area contributed by atoms with E-state index in [0.29, 0.717) is 30.8 Å². The van der Waals surface area contributed by atoms with Crippen molar-refractivity contribution in [1.82, 2.24) is 9.88 Å². The van der Waals surface area contributed by atoms with Gasteiger partial charge < -0.3 is 15.1 Å². The molecule has 0 bridgehead atoms. The van der Waals surface area contributed by atoms with E-state index < -0.39 is 17.6 Å². The topological polar surface area (TPSA) is 65.5 Å². The van der Waals surface area contributed by atoms with Gasteiger partial charge in [-0.15, -0.1) is 0 Å². The number of amides is 1. The zero-order valence-corrected chi connectivity index (χ0v) is 16.5. The third kappa shape index (κ3) is 5.16. The number of hydrogen-bond donors (Lipinski definition) is 1. The lowest BCUT2D eigenvalue weighted by Gasteiger charge is -2.30. The van der Waals surface area contributed by atoms with E-state index in [1.165, 1.54) is 18.3 Å². The van der Waals surface area contributed by atoms with E-state index in [1.807, 2.05) is 19.0 Å². The van der Waals surface area contributed by atoms with Crippen molar-refractivity contribution >= 4 is 23.1 Å². The molecule has 0 radical (unpaired) electrons. The highest BCUT2D eigenvalue weighted by atomic mass is 19.4. The SMILES string of the molecule is CN(C)/C=C1\CN(c2ccnc(C(=O)Nc3cccc(C(F)(F)F)c3)c2)CCC1=O. The quantitative estimate of drug-likeness (QED) is 0.769. The number of carbonyl (C=O) groups excluding carboxylic acids is 2. The normalized spacial score (nSPS) is 16.0. The standard InChI is InChI=1S/C21H21F3N4O2/c1-27(2)12-14-13-28(9-7-19(14)29)17-6-8-25-18(11-17)20(30)26-16-5-3-4-15(10-16)21(22,23)24/h3-6,8,10-12H,7,9,13H2,1-2H3,(H,26,30)/b14-12+. The molecule has 1 saturated heterocycles. The summed E-state index contributed by atoms with van der Waals surface area (Å²) < 4.78 is 38.6. The molecule has 0 atom stereocenters. The van der Waals surface area contributed by atoms with Crippen LogP contribution < -0.4 is 10.2 Å². The molecule has 9 heteroatoms. The predicted molar refractivity (Wildman–Crippen MR) is 107 cm³/mol. The van der Waals surface area contributed by atoms with Crippen LogP contribution in [0.15, 0.2) is 54.4 Å². The van der Waals surface area contributed by atoms with Crippen LogP contribution in [0.2, 0.25) is 0 Å². The van der Waals surface area contributed by atoms with Gasteiger partial charge in [0.1, 0.15) is 5.69 Å². The summed E-state index contributed by atoms with van der Waals surface area (Å²) in [6.07, 6.45) is -0.908. The molecule has 0 spiro atoms. The Kier molecular flexibility index (Phi) is 6.09. The van der Waals surface area contributed by atoms with Crippen LogP contribution in [0.5, 0.6) is 0 Å². The van der Waals surface area contributed by atoms with Crippen LogP contribution in [0.4, 0.5) is 24.5 Å². The molecule has 0 unspecified atom stereocenters. The van der Waals surface area contributed by atoms with Crippen molar-refractivity contribution in [2.75, 3.05) is 37.4 Å². The second kappa shape index (κ2) is 8.56. The van der Waals surface area contributed by atoms with Crippen molar-refractivity contribution in [3.63, 3.8) is 0 Å². The van der Waals surface area contributed by atoms with E-state index >= 15 is 0 Å². The van der Waals surface area contributed by atoms with Gasteiger partial charge in [-0.3, -0.25) is 14.6 Å². The van der Waals surface area contributed by atoms with Crippen molar-refractivity contribution in [3.05, 3.63) is 65.6 Å². The van der Waals surface area contributed by atoms with Crippen molar-refractivity contribution in [3.8, 4) is 0 Å². The van der Waals surface area contributed by atoms with Gasteiger partial charge in [-0.2, -0.15) is 13.2 Å². The summed E-state index contributed by atoms with van der Waals surface area (Å²) >= 11 is 0. The maximum absolute atomic E-state index is 12.9. The second-order valence-electron chi connectivity index (χ2n) is 7.14. The molecule has 1 aliphatic heterocycles. The number of alkyl halides is 3. The Morgan fingerprint density at radius 3 is 2.70 bits per heavy atom. The van der Waals surface area contributed by atoms with Crippen molar-refractivity contribution in [2.24, 2.45) is 0 Å². The number of anilines is 2. The van der Waals surface area contributed by atoms with Crippen LogP contribution >= 0.6 is 0 Å². The predicted octanol–water partition coefficient (Wildman–Crippen LogP) is 3.58. The minimum absolute atomic E-state index is 0.0294. The number of Topliss-reactive ketones (excluding diaryl/α,β-unsaturated/α-hetero) is 1. The maximum Gasteiger partial charge on any atom is 0.416 e. The fourth-order valence-electron chi connectivity index (χ4n) is 3.12. The van der Waals surface area contributed by atoms with E-state index in [2.05, 4.69) is 10.3 Å².